The number of aliphatic hydroxyl groups is 1. The van der Waals surface area contributed by atoms with Crippen molar-refractivity contribution in [3.63, 3.8) is 0 Å². The summed E-state index contributed by atoms with van der Waals surface area (Å²) in [5.74, 6) is 0.786. The monoisotopic (exact) mass is 303 g/mol. The highest BCUT2D eigenvalue weighted by Crippen LogP contribution is 2.14. The van der Waals surface area contributed by atoms with Crippen molar-refractivity contribution in [2.45, 2.75) is 38.8 Å². The van der Waals surface area contributed by atoms with E-state index in [0.29, 0.717) is 19.2 Å². The summed E-state index contributed by atoms with van der Waals surface area (Å²) in [6.45, 7) is 4.94. The van der Waals surface area contributed by atoms with E-state index in [-0.39, 0.29) is 0 Å². The summed E-state index contributed by atoms with van der Waals surface area (Å²) in [6, 6.07) is 10.4. The van der Waals surface area contributed by atoms with Crippen molar-refractivity contribution in [3.8, 4) is 5.75 Å². The molecule has 0 radical (unpaired) electrons. The molecule has 5 nitrogen and oxygen atoms in total. The predicted octanol–water partition coefficient (Wildman–Crippen LogP) is 1.93. The lowest BCUT2D eigenvalue weighted by Crippen LogP contribution is -2.35. The first kappa shape index (κ1) is 16.5. The van der Waals surface area contributed by atoms with Gasteiger partial charge in [0.1, 0.15) is 18.5 Å². The maximum Gasteiger partial charge on any atom is 0.119 e. The van der Waals surface area contributed by atoms with Crippen LogP contribution in [0.25, 0.3) is 0 Å². The lowest BCUT2D eigenvalue weighted by Gasteiger charge is -2.15. The van der Waals surface area contributed by atoms with Crippen molar-refractivity contribution in [2.24, 2.45) is 0 Å². The van der Waals surface area contributed by atoms with Crippen molar-refractivity contribution in [2.75, 3.05) is 13.2 Å². The van der Waals surface area contributed by atoms with Crippen LogP contribution in [-0.2, 0) is 12.8 Å². The minimum Gasteiger partial charge on any atom is -0.491 e. The van der Waals surface area contributed by atoms with E-state index in [0.717, 1.165) is 24.3 Å². The van der Waals surface area contributed by atoms with Gasteiger partial charge in [-0.1, -0.05) is 26.0 Å². The summed E-state index contributed by atoms with van der Waals surface area (Å²) in [7, 11) is 0. The lowest BCUT2D eigenvalue weighted by atomic mass is 10.1. The van der Waals surface area contributed by atoms with Crippen LogP contribution in [0.3, 0.4) is 0 Å². The number of aliphatic hydroxyl groups excluding tert-OH is 1. The maximum absolute atomic E-state index is 9.81. The van der Waals surface area contributed by atoms with E-state index in [9.17, 15) is 5.11 Å². The van der Waals surface area contributed by atoms with Crippen LogP contribution in [0.5, 0.6) is 5.75 Å². The highest BCUT2D eigenvalue weighted by molar-refractivity contribution is 5.27. The van der Waals surface area contributed by atoms with Crippen molar-refractivity contribution in [1.29, 1.82) is 0 Å². The van der Waals surface area contributed by atoms with Crippen molar-refractivity contribution in [3.05, 3.63) is 47.8 Å². The zero-order chi connectivity index (χ0) is 15.8. The van der Waals surface area contributed by atoms with Gasteiger partial charge in [0, 0.05) is 24.5 Å². The smallest absolute Gasteiger partial charge is 0.119 e. The normalized spacial score (nSPS) is 12.5. The van der Waals surface area contributed by atoms with Gasteiger partial charge in [0.05, 0.1) is 0 Å². The fourth-order valence-corrected chi connectivity index (χ4v) is 2.08. The van der Waals surface area contributed by atoms with Gasteiger partial charge in [-0.05, 0) is 36.6 Å². The van der Waals surface area contributed by atoms with E-state index in [4.69, 9.17) is 4.74 Å². The molecule has 3 N–H and O–H groups in total. The van der Waals surface area contributed by atoms with Gasteiger partial charge < -0.3 is 15.2 Å². The van der Waals surface area contributed by atoms with E-state index in [1.165, 1.54) is 5.56 Å². The molecule has 0 amide bonds. The number of aryl methyl sites for hydroxylation is 2. The highest BCUT2D eigenvalue weighted by atomic mass is 16.5. The Hall–Kier alpha value is -1.85. The average Bonchev–Trinajstić information content (AvgIpc) is 3.03. The van der Waals surface area contributed by atoms with E-state index in [1.54, 1.807) is 6.20 Å². The predicted molar refractivity (Wildman–Crippen MR) is 87.1 cm³/mol. The van der Waals surface area contributed by atoms with Crippen molar-refractivity contribution < 1.29 is 9.84 Å². The quantitative estimate of drug-likeness (QED) is 0.662. The molecule has 0 spiro atoms. The van der Waals surface area contributed by atoms with Crippen LogP contribution in [0.15, 0.2) is 36.5 Å². The molecule has 0 saturated carbocycles. The summed E-state index contributed by atoms with van der Waals surface area (Å²) < 4.78 is 5.60. The minimum absolute atomic E-state index is 0.299. The van der Waals surface area contributed by atoms with E-state index in [2.05, 4.69) is 41.5 Å². The van der Waals surface area contributed by atoms with Gasteiger partial charge in [0.2, 0.25) is 0 Å². The molecule has 1 aromatic carbocycles. The highest BCUT2D eigenvalue weighted by Gasteiger charge is 2.06. The number of benzene rings is 1. The van der Waals surface area contributed by atoms with Gasteiger partial charge in [0.25, 0.3) is 0 Å². The number of hydrogen-bond acceptors (Lipinski definition) is 4. The molecule has 0 saturated heterocycles. The number of nitrogens with one attached hydrogen (secondary N) is 2. The molecule has 2 rings (SSSR count). The Morgan fingerprint density at radius 2 is 1.95 bits per heavy atom. The second kappa shape index (κ2) is 8.56. The van der Waals surface area contributed by atoms with Crippen molar-refractivity contribution >= 4 is 0 Å². The Bertz CT molecular complexity index is 523. The molecular formula is C17H25N3O2. The third-order valence-electron chi connectivity index (χ3n) is 3.37. The van der Waals surface area contributed by atoms with Gasteiger partial charge in [0.15, 0.2) is 0 Å². The molecule has 22 heavy (non-hydrogen) atoms. The van der Waals surface area contributed by atoms with Gasteiger partial charge >= 0.3 is 0 Å². The first-order chi connectivity index (χ1) is 10.6. The van der Waals surface area contributed by atoms with E-state index >= 15 is 0 Å². The number of H-pyrrole nitrogens is 1. The maximum atomic E-state index is 9.81. The van der Waals surface area contributed by atoms with Crippen LogP contribution >= 0.6 is 0 Å². The minimum atomic E-state index is -0.498. The molecule has 0 aliphatic carbocycles. The fraction of sp³-hybridized carbons (Fsp3) is 0.471. The summed E-state index contributed by atoms with van der Waals surface area (Å²) in [5, 5.41) is 19.9. The fourth-order valence-electron chi connectivity index (χ4n) is 2.08. The van der Waals surface area contributed by atoms with Crippen LogP contribution < -0.4 is 10.1 Å². The number of rotatable bonds is 9. The Labute approximate surface area is 131 Å². The van der Waals surface area contributed by atoms with Gasteiger partial charge in [-0.15, -0.1) is 0 Å². The number of ether oxygens (including phenoxy) is 1. The van der Waals surface area contributed by atoms with Gasteiger partial charge in [-0.3, -0.25) is 5.10 Å². The Balaban J connectivity index is 1.72. The third-order valence-corrected chi connectivity index (χ3v) is 3.37. The average molecular weight is 303 g/mol. The lowest BCUT2D eigenvalue weighted by molar-refractivity contribution is 0.104. The van der Waals surface area contributed by atoms with Crippen LogP contribution in [0.4, 0.5) is 0 Å². The summed E-state index contributed by atoms with van der Waals surface area (Å²) >= 11 is 0. The molecule has 0 aliphatic rings. The Morgan fingerprint density at radius 3 is 2.59 bits per heavy atom. The first-order valence-corrected chi connectivity index (χ1v) is 7.75. The molecule has 1 unspecified atom stereocenters. The molecule has 0 fully saturated rings. The zero-order valence-corrected chi connectivity index (χ0v) is 13.2. The molecule has 120 valence electrons. The topological polar surface area (TPSA) is 70.2 Å². The molecule has 5 heteroatoms. The van der Waals surface area contributed by atoms with Crippen LogP contribution in [0.2, 0.25) is 0 Å². The molecule has 1 atom stereocenters. The van der Waals surface area contributed by atoms with Crippen LogP contribution in [0, 0.1) is 0 Å². The first-order valence-electron chi connectivity index (χ1n) is 7.75. The molecule has 2 aromatic rings. The second-order valence-corrected chi connectivity index (χ2v) is 5.75. The zero-order valence-electron chi connectivity index (χ0n) is 13.2. The summed E-state index contributed by atoms with van der Waals surface area (Å²) in [5.41, 5.74) is 2.39. The molecule has 1 aromatic heterocycles. The van der Waals surface area contributed by atoms with E-state index < -0.39 is 6.10 Å². The molecule has 0 bridgehead atoms. The Kier molecular flexibility index (Phi) is 6.43. The van der Waals surface area contributed by atoms with Gasteiger partial charge in [-0.25, -0.2) is 0 Å². The molecular weight excluding hydrogens is 278 g/mol. The molecule has 0 aliphatic heterocycles. The third kappa shape index (κ3) is 5.87. The largest absolute Gasteiger partial charge is 0.491 e. The van der Waals surface area contributed by atoms with Crippen LogP contribution in [0.1, 0.15) is 25.1 Å². The van der Waals surface area contributed by atoms with E-state index in [1.807, 2.05) is 18.2 Å². The number of aromatic amines is 1. The summed E-state index contributed by atoms with van der Waals surface area (Å²) in [6.07, 6.45) is 3.18. The Morgan fingerprint density at radius 1 is 1.18 bits per heavy atom. The summed E-state index contributed by atoms with van der Waals surface area (Å²) in [4.78, 5) is 0. The second-order valence-electron chi connectivity index (χ2n) is 5.75. The van der Waals surface area contributed by atoms with Crippen molar-refractivity contribution in [1.82, 2.24) is 15.5 Å². The van der Waals surface area contributed by atoms with Gasteiger partial charge in [-0.2, -0.15) is 5.10 Å². The molecule has 1 heterocycles. The number of nitrogens with zero attached hydrogens (tertiary/aromatic N) is 1. The standard InChI is InChI=1S/C17H25N3O2/c1-13(2)18-11-16(21)12-22-17-7-4-14(5-8-17)3-6-15-9-10-19-20-15/h4-5,7-10,13,16,18,21H,3,6,11-12H2,1-2H3,(H,19,20). The number of aromatic nitrogens is 2. The SMILES string of the molecule is CC(C)NCC(O)COc1ccc(CCc2ccn[nH]2)cc1. The number of hydrogen-bond donors (Lipinski definition) is 3. The van der Waals surface area contributed by atoms with Crippen LogP contribution in [-0.4, -0.2) is 40.6 Å².